The van der Waals surface area contributed by atoms with Crippen LogP contribution in [0.15, 0.2) is 63.1 Å². The maximum atomic E-state index is 13.1. The highest BCUT2D eigenvalue weighted by atomic mass is 32.2. The predicted molar refractivity (Wildman–Crippen MR) is 100 cm³/mol. The van der Waals surface area contributed by atoms with Gasteiger partial charge in [-0.15, -0.1) is 23.1 Å². The molecule has 2 aromatic heterocycles. The molecule has 6 nitrogen and oxygen atoms in total. The SMILES string of the molecule is CSc1sc(C(=N)N)cc1S(=O)(=O)c1cccc(-c2cncnc2)c1. The number of aromatic nitrogens is 2. The fraction of sp³-hybridized carbons (Fsp3) is 0.0625. The first kappa shape index (κ1) is 17.6. The molecule has 0 bridgehead atoms. The molecular weight excluding hydrogens is 376 g/mol. The minimum Gasteiger partial charge on any atom is -0.383 e. The second kappa shape index (κ2) is 6.95. The molecule has 3 aromatic rings. The van der Waals surface area contributed by atoms with Gasteiger partial charge in [0.2, 0.25) is 9.84 Å². The first-order chi connectivity index (χ1) is 11.9. The molecule has 3 N–H and O–H groups in total. The Morgan fingerprint density at radius 3 is 2.56 bits per heavy atom. The average Bonchev–Trinajstić information content (AvgIpc) is 3.08. The van der Waals surface area contributed by atoms with Gasteiger partial charge in [-0.05, 0) is 30.0 Å². The number of nitrogen functional groups attached to an aromatic ring is 1. The van der Waals surface area contributed by atoms with Crippen molar-refractivity contribution in [1.29, 1.82) is 5.41 Å². The topological polar surface area (TPSA) is 110 Å². The van der Waals surface area contributed by atoms with E-state index in [-0.39, 0.29) is 15.6 Å². The van der Waals surface area contributed by atoms with Gasteiger partial charge in [0.05, 0.1) is 18.9 Å². The summed E-state index contributed by atoms with van der Waals surface area (Å²) in [6.45, 7) is 0. The molecule has 0 saturated heterocycles. The highest BCUT2D eigenvalue weighted by molar-refractivity contribution is 8.01. The van der Waals surface area contributed by atoms with Crippen molar-refractivity contribution in [1.82, 2.24) is 9.97 Å². The van der Waals surface area contributed by atoms with E-state index < -0.39 is 9.84 Å². The van der Waals surface area contributed by atoms with Gasteiger partial charge in [0.15, 0.2) is 0 Å². The molecule has 1 aromatic carbocycles. The summed E-state index contributed by atoms with van der Waals surface area (Å²) in [5, 5.41) is 7.55. The van der Waals surface area contributed by atoms with E-state index >= 15 is 0 Å². The summed E-state index contributed by atoms with van der Waals surface area (Å²) in [6, 6.07) is 8.11. The van der Waals surface area contributed by atoms with Crippen molar-refractivity contribution in [3.05, 3.63) is 53.9 Å². The highest BCUT2D eigenvalue weighted by Crippen LogP contribution is 2.37. The largest absolute Gasteiger partial charge is 0.383 e. The van der Waals surface area contributed by atoms with Gasteiger partial charge in [0, 0.05) is 18.0 Å². The van der Waals surface area contributed by atoms with Crippen LogP contribution in [0.1, 0.15) is 4.88 Å². The number of thiophene rings is 1. The zero-order valence-corrected chi connectivity index (χ0v) is 15.6. The second-order valence-corrected chi connectivity index (χ2v) is 9.08. The molecule has 0 aliphatic carbocycles. The fourth-order valence-electron chi connectivity index (χ4n) is 2.24. The number of sulfone groups is 1. The molecule has 0 atom stereocenters. The lowest BCUT2D eigenvalue weighted by Crippen LogP contribution is -2.08. The van der Waals surface area contributed by atoms with Gasteiger partial charge in [0.25, 0.3) is 0 Å². The smallest absolute Gasteiger partial charge is 0.208 e. The molecule has 25 heavy (non-hydrogen) atoms. The summed E-state index contributed by atoms with van der Waals surface area (Å²) >= 11 is 2.53. The first-order valence-electron chi connectivity index (χ1n) is 7.06. The molecule has 2 heterocycles. The molecule has 0 spiro atoms. The van der Waals surface area contributed by atoms with Crippen molar-refractivity contribution in [2.24, 2.45) is 5.73 Å². The van der Waals surface area contributed by atoms with E-state index in [1.807, 2.05) is 6.07 Å². The van der Waals surface area contributed by atoms with E-state index in [9.17, 15) is 8.42 Å². The number of hydrogen-bond donors (Lipinski definition) is 2. The number of benzene rings is 1. The van der Waals surface area contributed by atoms with Gasteiger partial charge in [-0.1, -0.05) is 12.1 Å². The lowest BCUT2D eigenvalue weighted by atomic mass is 10.1. The predicted octanol–water partition coefficient (Wildman–Crippen LogP) is 3.04. The van der Waals surface area contributed by atoms with Crippen LogP contribution < -0.4 is 5.73 Å². The Kier molecular flexibility index (Phi) is 4.89. The van der Waals surface area contributed by atoms with Crippen LogP contribution in [-0.4, -0.2) is 30.5 Å². The van der Waals surface area contributed by atoms with Crippen LogP contribution in [0.25, 0.3) is 11.1 Å². The molecule has 9 heteroatoms. The Hall–Kier alpha value is -2.23. The minimum absolute atomic E-state index is 0.142. The van der Waals surface area contributed by atoms with Crippen LogP contribution in [0.3, 0.4) is 0 Å². The number of nitrogens with zero attached hydrogens (tertiary/aromatic N) is 2. The van der Waals surface area contributed by atoms with Crippen LogP contribution in [0.2, 0.25) is 0 Å². The maximum absolute atomic E-state index is 13.1. The summed E-state index contributed by atoms with van der Waals surface area (Å²) < 4.78 is 26.8. The van der Waals surface area contributed by atoms with Crippen molar-refractivity contribution in [3.63, 3.8) is 0 Å². The van der Waals surface area contributed by atoms with Crippen LogP contribution in [0.4, 0.5) is 0 Å². The molecule has 0 aliphatic heterocycles. The monoisotopic (exact) mass is 390 g/mol. The molecular formula is C16H14N4O2S3. The first-order valence-corrected chi connectivity index (χ1v) is 10.6. The molecule has 0 amide bonds. The zero-order valence-electron chi connectivity index (χ0n) is 13.1. The normalized spacial score (nSPS) is 11.4. The van der Waals surface area contributed by atoms with Crippen molar-refractivity contribution in [2.75, 3.05) is 6.26 Å². The summed E-state index contributed by atoms with van der Waals surface area (Å²) in [5.74, 6) is -0.142. The van der Waals surface area contributed by atoms with Gasteiger partial charge in [-0.2, -0.15) is 0 Å². The molecule has 0 saturated carbocycles. The van der Waals surface area contributed by atoms with Gasteiger partial charge in [-0.3, -0.25) is 5.41 Å². The van der Waals surface area contributed by atoms with E-state index in [2.05, 4.69) is 9.97 Å². The highest BCUT2D eigenvalue weighted by Gasteiger charge is 2.25. The van der Waals surface area contributed by atoms with Crippen molar-refractivity contribution < 1.29 is 8.42 Å². The Morgan fingerprint density at radius 2 is 1.92 bits per heavy atom. The summed E-state index contributed by atoms with van der Waals surface area (Å²) in [6.07, 6.45) is 6.48. The lowest BCUT2D eigenvalue weighted by Gasteiger charge is -2.07. The van der Waals surface area contributed by atoms with Crippen LogP contribution >= 0.6 is 23.1 Å². The number of nitrogens with one attached hydrogen (secondary N) is 1. The van der Waals surface area contributed by atoms with E-state index in [0.29, 0.717) is 9.09 Å². The van der Waals surface area contributed by atoms with E-state index in [1.165, 1.54) is 35.5 Å². The van der Waals surface area contributed by atoms with E-state index in [4.69, 9.17) is 11.1 Å². The standard InChI is InChI=1S/C16H14N4O2S3/c1-23-16-14(6-13(24-16)15(17)18)25(21,22)12-4-2-3-10(5-12)11-7-19-9-20-8-11/h2-9H,1H3,(H3,17,18). The quantitative estimate of drug-likeness (QED) is 0.394. The Balaban J connectivity index is 2.11. The number of thioether (sulfide) groups is 1. The van der Waals surface area contributed by atoms with Crippen molar-refractivity contribution >= 4 is 38.8 Å². The van der Waals surface area contributed by atoms with Gasteiger partial charge in [0.1, 0.15) is 12.2 Å². The third-order valence-corrected chi connectivity index (χ3v) is 7.78. The van der Waals surface area contributed by atoms with Crippen LogP contribution in [0, 0.1) is 5.41 Å². The maximum Gasteiger partial charge on any atom is 0.208 e. The molecule has 0 aliphatic rings. The van der Waals surface area contributed by atoms with Gasteiger partial charge in [-0.25, -0.2) is 18.4 Å². The molecule has 0 fully saturated rings. The molecule has 128 valence electrons. The molecule has 0 radical (unpaired) electrons. The fourth-order valence-corrected chi connectivity index (χ4v) is 6.14. The molecule has 3 rings (SSSR count). The second-order valence-electron chi connectivity index (χ2n) is 5.04. The van der Waals surface area contributed by atoms with Crippen LogP contribution in [-0.2, 0) is 9.84 Å². The van der Waals surface area contributed by atoms with E-state index in [1.54, 1.807) is 36.8 Å². The van der Waals surface area contributed by atoms with Crippen LogP contribution in [0.5, 0.6) is 0 Å². The Morgan fingerprint density at radius 1 is 1.20 bits per heavy atom. The minimum atomic E-state index is -3.73. The van der Waals surface area contributed by atoms with E-state index in [0.717, 1.165) is 11.1 Å². The summed E-state index contributed by atoms with van der Waals surface area (Å²) in [7, 11) is -3.73. The Bertz CT molecular complexity index is 1030. The van der Waals surface area contributed by atoms with Gasteiger partial charge >= 0.3 is 0 Å². The summed E-state index contributed by atoms with van der Waals surface area (Å²) in [4.78, 5) is 8.72. The molecule has 0 unspecified atom stereocenters. The third kappa shape index (κ3) is 3.44. The van der Waals surface area contributed by atoms with Crippen molar-refractivity contribution in [2.45, 2.75) is 14.0 Å². The lowest BCUT2D eigenvalue weighted by molar-refractivity contribution is 0.595. The van der Waals surface area contributed by atoms with Gasteiger partial charge < -0.3 is 5.73 Å². The number of rotatable bonds is 5. The summed E-state index contributed by atoms with van der Waals surface area (Å²) in [5.41, 5.74) is 6.96. The average molecular weight is 391 g/mol. The number of nitrogens with two attached hydrogens (primary N) is 1. The zero-order chi connectivity index (χ0) is 18.0. The Labute approximate surface area is 153 Å². The third-order valence-electron chi connectivity index (χ3n) is 3.44. The number of amidine groups is 1. The number of hydrogen-bond acceptors (Lipinski definition) is 7. The van der Waals surface area contributed by atoms with Crippen molar-refractivity contribution in [3.8, 4) is 11.1 Å².